The third-order valence-corrected chi connectivity index (χ3v) is 5.25. The molecule has 4 N–H and O–H groups in total. The van der Waals surface area contributed by atoms with Crippen LogP contribution in [0.5, 0.6) is 5.88 Å². The molecular weight excluding hydrogens is 362 g/mol. The number of aryl methyl sites for hydroxylation is 1. The van der Waals surface area contributed by atoms with Crippen LogP contribution in [0.2, 0.25) is 0 Å². The number of hydrogen-bond acceptors (Lipinski definition) is 6. The number of aromatic nitrogens is 1. The van der Waals surface area contributed by atoms with Crippen LogP contribution in [0.25, 0.3) is 0 Å². The van der Waals surface area contributed by atoms with E-state index in [4.69, 9.17) is 21.1 Å². The van der Waals surface area contributed by atoms with E-state index in [0.717, 1.165) is 18.5 Å². The van der Waals surface area contributed by atoms with Crippen molar-refractivity contribution in [2.75, 3.05) is 18.2 Å². The maximum atomic E-state index is 9.10. The fourth-order valence-electron chi connectivity index (χ4n) is 3.73. The normalized spacial score (nSPS) is 14.7. The van der Waals surface area contributed by atoms with Gasteiger partial charge in [0.1, 0.15) is 0 Å². The zero-order valence-corrected chi connectivity index (χ0v) is 16.1. The average Bonchev–Trinajstić information content (AvgIpc) is 3.16. The number of pyridine rings is 1. The van der Waals surface area contributed by atoms with Gasteiger partial charge in [0.15, 0.2) is 0 Å². The molecule has 2 aromatic carbocycles. The molecule has 0 bridgehead atoms. The van der Waals surface area contributed by atoms with Crippen molar-refractivity contribution < 1.29 is 7.59 Å². The van der Waals surface area contributed by atoms with Crippen LogP contribution in [0.15, 0.2) is 54.7 Å². The summed E-state index contributed by atoms with van der Waals surface area (Å²) in [5.74, 6) is 0.458. The van der Waals surface area contributed by atoms with E-state index in [1.54, 1.807) is 25.4 Å². The minimum Gasteiger partial charge on any atom is -0.481 e. The van der Waals surface area contributed by atoms with Crippen molar-refractivity contribution >= 4 is 17.1 Å². The minimum absolute atomic E-state index is 0. The molecule has 6 nitrogen and oxygen atoms in total. The summed E-state index contributed by atoms with van der Waals surface area (Å²) in [5, 5.41) is 21.3. The van der Waals surface area contributed by atoms with Crippen molar-refractivity contribution in [3.05, 3.63) is 82.5 Å². The Bertz CT molecular complexity index is 1140. The van der Waals surface area contributed by atoms with Gasteiger partial charge >= 0.3 is 0 Å². The van der Waals surface area contributed by atoms with Crippen LogP contribution in [0.3, 0.4) is 0 Å². The van der Waals surface area contributed by atoms with Crippen molar-refractivity contribution in [3.8, 4) is 11.9 Å². The molecule has 29 heavy (non-hydrogen) atoms. The van der Waals surface area contributed by atoms with Gasteiger partial charge in [0.05, 0.1) is 30.5 Å². The summed E-state index contributed by atoms with van der Waals surface area (Å²) in [4.78, 5) is 4.09. The number of ether oxygens (including phenoxy) is 1. The molecule has 1 aliphatic carbocycles. The average molecular weight is 387 g/mol. The molecule has 0 radical (unpaired) electrons. The lowest BCUT2D eigenvalue weighted by atomic mass is 10.0. The van der Waals surface area contributed by atoms with Gasteiger partial charge in [-0.1, -0.05) is 6.07 Å². The van der Waals surface area contributed by atoms with Gasteiger partial charge in [-0.3, -0.25) is 5.41 Å². The quantitative estimate of drug-likeness (QED) is 0.440. The van der Waals surface area contributed by atoms with E-state index in [0.29, 0.717) is 34.0 Å². The van der Waals surface area contributed by atoms with Crippen LogP contribution in [0.4, 0.5) is 11.4 Å². The van der Waals surface area contributed by atoms with E-state index in [9.17, 15) is 0 Å². The maximum Gasteiger partial charge on any atom is 0.213 e. The highest BCUT2D eigenvalue weighted by atomic mass is 16.5. The number of nitrogens with zero attached hydrogens (tertiary/aromatic N) is 2. The summed E-state index contributed by atoms with van der Waals surface area (Å²) in [6.07, 6.45) is 3.52. The molecule has 0 unspecified atom stereocenters. The van der Waals surface area contributed by atoms with Crippen LogP contribution < -0.4 is 15.8 Å². The lowest BCUT2D eigenvalue weighted by Gasteiger charge is -2.17. The first-order valence-electron chi connectivity index (χ1n) is 9.37. The zero-order chi connectivity index (χ0) is 20.4. The molecule has 0 amide bonds. The third-order valence-electron chi connectivity index (χ3n) is 5.25. The molecule has 0 aliphatic heterocycles. The zero-order valence-electron chi connectivity index (χ0n) is 16.1. The second-order valence-corrected chi connectivity index (χ2v) is 7.02. The summed E-state index contributed by atoms with van der Waals surface area (Å²) >= 11 is 0. The Morgan fingerprint density at radius 3 is 2.93 bits per heavy atom. The van der Waals surface area contributed by atoms with Gasteiger partial charge in [0.2, 0.25) is 5.88 Å². The number of nitrogens with one attached hydrogen (secondary N) is 2. The first-order valence-corrected chi connectivity index (χ1v) is 9.37. The van der Waals surface area contributed by atoms with Crippen LogP contribution in [0, 0.1) is 16.7 Å². The van der Waals surface area contributed by atoms with Gasteiger partial charge in [0, 0.05) is 37.6 Å². The Hall–Kier alpha value is -3.85. The van der Waals surface area contributed by atoms with Gasteiger partial charge in [0.25, 0.3) is 0 Å². The number of nitrogens with two attached hydrogens (primary N) is 1. The van der Waals surface area contributed by atoms with Crippen LogP contribution in [-0.4, -0.2) is 17.8 Å². The molecule has 148 valence electrons. The van der Waals surface area contributed by atoms with Gasteiger partial charge in [-0.2, -0.15) is 5.26 Å². The smallest absolute Gasteiger partial charge is 0.213 e. The lowest BCUT2D eigenvalue weighted by Crippen LogP contribution is -2.10. The Kier molecular flexibility index (Phi) is 4.88. The number of nitrogen functional groups attached to an aromatic ring is 1. The topological polar surface area (TPSA) is 108 Å². The molecule has 0 fully saturated rings. The van der Waals surface area contributed by atoms with Gasteiger partial charge in [-0.25, -0.2) is 4.98 Å². The number of rotatable bonds is 5. The number of anilines is 2. The molecule has 4 rings (SSSR count). The SMILES string of the molecule is COc1cc(C(=N)c2cc(N[C@@H]3CCc4cc(C#N)ccc43)ccc2N)ccn1.[HH].[HH]. The molecule has 1 aromatic heterocycles. The van der Waals surface area contributed by atoms with E-state index in [-0.39, 0.29) is 8.90 Å². The van der Waals surface area contributed by atoms with Crippen LogP contribution >= 0.6 is 0 Å². The number of fused-ring (bicyclic) bond motifs is 1. The summed E-state index contributed by atoms with van der Waals surface area (Å²) < 4.78 is 5.16. The molecule has 3 aromatic rings. The monoisotopic (exact) mass is 387 g/mol. The van der Waals surface area contributed by atoms with E-state index in [1.807, 2.05) is 36.4 Å². The minimum atomic E-state index is 0. The molecular formula is C23H25N5O. The summed E-state index contributed by atoms with van der Waals surface area (Å²) in [6, 6.07) is 17.4. The summed E-state index contributed by atoms with van der Waals surface area (Å²) in [6.45, 7) is 0. The number of hydrogen-bond donors (Lipinski definition) is 3. The van der Waals surface area contributed by atoms with Gasteiger partial charge in [-0.15, -0.1) is 0 Å². The van der Waals surface area contributed by atoms with Gasteiger partial charge < -0.3 is 15.8 Å². The number of nitriles is 1. The molecule has 0 saturated carbocycles. The summed E-state index contributed by atoms with van der Waals surface area (Å²) in [5.41, 5.74) is 12.4. The van der Waals surface area contributed by atoms with E-state index in [2.05, 4.69) is 16.4 Å². The molecule has 0 spiro atoms. The Morgan fingerprint density at radius 2 is 2.14 bits per heavy atom. The fraction of sp³-hybridized carbons (Fsp3) is 0.174. The highest BCUT2D eigenvalue weighted by Crippen LogP contribution is 2.35. The second-order valence-electron chi connectivity index (χ2n) is 7.02. The van der Waals surface area contributed by atoms with Gasteiger partial charge in [-0.05, 0) is 60.4 Å². The first kappa shape index (κ1) is 18.5. The summed E-state index contributed by atoms with van der Waals surface area (Å²) in [7, 11) is 1.55. The fourth-order valence-corrected chi connectivity index (χ4v) is 3.73. The van der Waals surface area contributed by atoms with Crippen molar-refractivity contribution in [1.29, 1.82) is 10.7 Å². The lowest BCUT2D eigenvalue weighted by molar-refractivity contribution is 0.398. The van der Waals surface area contributed by atoms with Crippen molar-refractivity contribution in [2.45, 2.75) is 18.9 Å². The van der Waals surface area contributed by atoms with Crippen molar-refractivity contribution in [2.24, 2.45) is 0 Å². The predicted octanol–water partition coefficient (Wildman–Crippen LogP) is 4.55. The first-order chi connectivity index (χ1) is 14.1. The molecule has 1 heterocycles. The largest absolute Gasteiger partial charge is 0.481 e. The van der Waals surface area contributed by atoms with E-state index >= 15 is 0 Å². The highest BCUT2D eigenvalue weighted by Gasteiger charge is 2.23. The number of benzene rings is 2. The molecule has 6 heteroatoms. The standard InChI is InChI=1S/C23H21N5O.2H2/c1-29-22-11-16(8-9-27-22)23(26)19-12-17(4-6-20(19)25)28-21-7-3-15-10-14(13-24)2-5-18(15)21;;/h2,4-6,8-12,21,26,28H,3,7,25H2,1H3;2*1H/t21-;;/m1../s1. The van der Waals surface area contributed by atoms with Crippen molar-refractivity contribution in [1.82, 2.24) is 4.98 Å². The Morgan fingerprint density at radius 1 is 1.28 bits per heavy atom. The molecule has 1 atom stereocenters. The predicted molar refractivity (Wildman–Crippen MR) is 118 cm³/mol. The highest BCUT2D eigenvalue weighted by molar-refractivity contribution is 6.14. The van der Waals surface area contributed by atoms with Crippen LogP contribution in [0.1, 0.15) is 43.1 Å². The number of methoxy groups -OCH3 is 1. The van der Waals surface area contributed by atoms with Crippen molar-refractivity contribution in [3.63, 3.8) is 0 Å². The Labute approximate surface area is 172 Å². The second kappa shape index (κ2) is 7.64. The molecule has 1 aliphatic rings. The molecule has 0 saturated heterocycles. The van der Waals surface area contributed by atoms with E-state index in [1.165, 1.54) is 11.1 Å². The van der Waals surface area contributed by atoms with Crippen LogP contribution in [-0.2, 0) is 6.42 Å². The Balaban J connectivity index is 0.00000171. The maximum absolute atomic E-state index is 9.10. The third kappa shape index (κ3) is 3.63. The van der Waals surface area contributed by atoms with E-state index < -0.39 is 0 Å².